The molecule has 0 radical (unpaired) electrons. The van der Waals surface area contributed by atoms with Gasteiger partial charge in [-0.3, -0.25) is 4.79 Å². The van der Waals surface area contributed by atoms with Gasteiger partial charge in [0.15, 0.2) is 0 Å². The number of hydrazone groups is 1. The van der Waals surface area contributed by atoms with E-state index in [4.69, 9.17) is 5.26 Å². The van der Waals surface area contributed by atoms with Gasteiger partial charge in [0.05, 0.1) is 30.7 Å². The first-order chi connectivity index (χ1) is 6.33. The summed E-state index contributed by atoms with van der Waals surface area (Å²) in [5.41, 5.74) is 0.993. The van der Waals surface area contributed by atoms with Crippen LogP contribution in [0.25, 0.3) is 0 Å². The molecule has 5 heteroatoms. The minimum Gasteiger partial charge on any atom is -0.272 e. The van der Waals surface area contributed by atoms with Crippen LogP contribution in [0.2, 0.25) is 0 Å². The van der Waals surface area contributed by atoms with Crippen LogP contribution in [0.3, 0.4) is 0 Å². The Labute approximate surface area is 80.6 Å². The number of carbonyl (C=O) groups is 1. The molecular formula is C8H9N3OS. The Balaban J connectivity index is 2.05. The van der Waals surface area contributed by atoms with Gasteiger partial charge in [-0.15, -0.1) is 0 Å². The molecule has 2 heterocycles. The Hall–Kier alpha value is -1.02. The van der Waals surface area contributed by atoms with Crippen molar-refractivity contribution in [1.82, 2.24) is 5.01 Å². The Morgan fingerprint density at radius 2 is 2.62 bits per heavy atom. The van der Waals surface area contributed by atoms with E-state index in [0.29, 0.717) is 13.0 Å². The number of amides is 1. The van der Waals surface area contributed by atoms with Crippen molar-refractivity contribution in [3.8, 4) is 6.07 Å². The first kappa shape index (κ1) is 8.57. The zero-order valence-corrected chi connectivity index (χ0v) is 7.88. The molecule has 1 saturated heterocycles. The third kappa shape index (κ3) is 1.42. The second-order valence-corrected chi connectivity index (χ2v) is 4.06. The fourth-order valence-corrected chi connectivity index (χ4v) is 2.65. The second-order valence-electron chi connectivity index (χ2n) is 3.03. The van der Waals surface area contributed by atoms with Crippen molar-refractivity contribution in [3.63, 3.8) is 0 Å². The number of carbonyl (C=O) groups excluding carboxylic acids is 1. The fourth-order valence-electron chi connectivity index (χ4n) is 1.49. The first-order valence-electron chi connectivity index (χ1n) is 4.16. The lowest BCUT2D eigenvalue weighted by molar-refractivity contribution is -0.131. The zero-order valence-electron chi connectivity index (χ0n) is 7.06. The van der Waals surface area contributed by atoms with E-state index in [1.54, 1.807) is 11.8 Å². The van der Waals surface area contributed by atoms with Crippen LogP contribution in [0.1, 0.15) is 6.42 Å². The van der Waals surface area contributed by atoms with E-state index in [0.717, 1.165) is 17.2 Å². The smallest absolute Gasteiger partial charge is 0.252 e. The van der Waals surface area contributed by atoms with Crippen molar-refractivity contribution in [2.24, 2.45) is 11.0 Å². The molecule has 0 spiro atoms. The number of hydrogen-bond donors (Lipinski definition) is 0. The first-order valence-corrected chi connectivity index (χ1v) is 5.32. The van der Waals surface area contributed by atoms with E-state index in [1.807, 2.05) is 6.07 Å². The molecule has 68 valence electrons. The average Bonchev–Trinajstić information content (AvgIpc) is 2.67. The molecule has 1 unspecified atom stereocenters. The number of hydrogen-bond acceptors (Lipinski definition) is 4. The van der Waals surface area contributed by atoms with E-state index < -0.39 is 0 Å². The number of fused-ring (bicyclic) bond motifs is 1. The van der Waals surface area contributed by atoms with Crippen LogP contribution < -0.4 is 0 Å². The number of nitriles is 1. The number of rotatable bonds is 2. The van der Waals surface area contributed by atoms with Crippen molar-refractivity contribution in [2.45, 2.75) is 6.42 Å². The van der Waals surface area contributed by atoms with Gasteiger partial charge in [-0.05, 0) is 0 Å². The van der Waals surface area contributed by atoms with Gasteiger partial charge in [0.1, 0.15) is 0 Å². The van der Waals surface area contributed by atoms with Gasteiger partial charge in [-0.2, -0.15) is 22.1 Å². The van der Waals surface area contributed by atoms with Crippen LogP contribution in [-0.2, 0) is 4.79 Å². The second kappa shape index (κ2) is 3.38. The predicted molar refractivity (Wildman–Crippen MR) is 50.2 cm³/mol. The summed E-state index contributed by atoms with van der Waals surface area (Å²) < 4.78 is 0. The molecule has 0 bridgehead atoms. The molecule has 0 aromatic carbocycles. The molecule has 0 N–H and O–H groups in total. The van der Waals surface area contributed by atoms with Crippen molar-refractivity contribution in [1.29, 1.82) is 5.26 Å². The third-order valence-electron chi connectivity index (χ3n) is 2.17. The van der Waals surface area contributed by atoms with Gasteiger partial charge in [0, 0.05) is 11.5 Å². The van der Waals surface area contributed by atoms with Crippen LogP contribution in [0.5, 0.6) is 0 Å². The van der Waals surface area contributed by atoms with E-state index in [1.165, 1.54) is 5.01 Å². The summed E-state index contributed by atoms with van der Waals surface area (Å²) in [5, 5.41) is 14.0. The quantitative estimate of drug-likeness (QED) is 0.643. The van der Waals surface area contributed by atoms with E-state index in [9.17, 15) is 4.79 Å². The Kier molecular flexibility index (Phi) is 2.23. The molecule has 4 nitrogen and oxygen atoms in total. The molecule has 1 atom stereocenters. The number of thioether (sulfide) groups is 1. The summed E-state index contributed by atoms with van der Waals surface area (Å²) in [6.07, 6.45) is 0.363. The average molecular weight is 195 g/mol. The third-order valence-corrected chi connectivity index (χ3v) is 3.24. The molecule has 0 saturated carbocycles. The molecule has 1 fully saturated rings. The highest BCUT2D eigenvalue weighted by molar-refractivity contribution is 8.00. The largest absolute Gasteiger partial charge is 0.272 e. The molecule has 2 aliphatic heterocycles. The summed E-state index contributed by atoms with van der Waals surface area (Å²) in [7, 11) is 0. The van der Waals surface area contributed by atoms with Gasteiger partial charge >= 0.3 is 0 Å². The van der Waals surface area contributed by atoms with Crippen molar-refractivity contribution >= 4 is 23.4 Å². The van der Waals surface area contributed by atoms with Gasteiger partial charge in [0.2, 0.25) is 0 Å². The molecule has 0 aliphatic carbocycles. The van der Waals surface area contributed by atoms with Crippen molar-refractivity contribution in [3.05, 3.63) is 0 Å². The van der Waals surface area contributed by atoms with Gasteiger partial charge in [0.25, 0.3) is 5.91 Å². The maximum atomic E-state index is 11.6. The van der Waals surface area contributed by atoms with Gasteiger partial charge in [-0.1, -0.05) is 0 Å². The van der Waals surface area contributed by atoms with Crippen LogP contribution in [-0.4, -0.2) is 34.7 Å². The Morgan fingerprint density at radius 3 is 3.31 bits per heavy atom. The van der Waals surface area contributed by atoms with Gasteiger partial charge in [-0.25, -0.2) is 5.01 Å². The van der Waals surface area contributed by atoms with Crippen molar-refractivity contribution in [2.75, 3.05) is 18.1 Å². The summed E-state index contributed by atoms with van der Waals surface area (Å²) in [6, 6.07) is 2.01. The fraction of sp³-hybridized carbons (Fsp3) is 0.625. The normalized spacial score (nSPS) is 25.8. The van der Waals surface area contributed by atoms with Crippen molar-refractivity contribution < 1.29 is 4.79 Å². The lowest BCUT2D eigenvalue weighted by Gasteiger charge is -2.10. The maximum Gasteiger partial charge on any atom is 0.252 e. The van der Waals surface area contributed by atoms with Gasteiger partial charge < -0.3 is 0 Å². The summed E-state index contributed by atoms with van der Waals surface area (Å²) >= 11 is 1.75. The SMILES string of the molecule is N#CCCN1N=C2CSCC2C1=O. The highest BCUT2D eigenvalue weighted by Gasteiger charge is 2.38. The summed E-state index contributed by atoms with van der Waals surface area (Å²) in [5.74, 6) is 1.83. The number of nitrogens with zero attached hydrogens (tertiary/aromatic N) is 3. The minimum absolute atomic E-state index is 0.0173. The molecule has 2 aliphatic rings. The van der Waals surface area contributed by atoms with E-state index in [2.05, 4.69) is 5.10 Å². The monoisotopic (exact) mass is 195 g/mol. The molecule has 0 aromatic heterocycles. The minimum atomic E-state index is 0.0173. The predicted octanol–water partition coefficient (Wildman–Crippen LogP) is 0.461. The Morgan fingerprint density at radius 1 is 1.77 bits per heavy atom. The summed E-state index contributed by atoms with van der Waals surface area (Å²) in [6.45, 7) is 0.444. The Bertz CT molecular complexity index is 307. The lowest BCUT2D eigenvalue weighted by atomic mass is 10.1. The van der Waals surface area contributed by atoms with Crippen LogP contribution in [0, 0.1) is 17.2 Å². The maximum absolute atomic E-state index is 11.6. The molecule has 13 heavy (non-hydrogen) atoms. The van der Waals surface area contributed by atoms with E-state index >= 15 is 0 Å². The van der Waals surface area contributed by atoms with Crippen LogP contribution in [0.15, 0.2) is 5.10 Å². The van der Waals surface area contributed by atoms with Crippen LogP contribution >= 0.6 is 11.8 Å². The van der Waals surface area contributed by atoms with E-state index in [-0.39, 0.29) is 11.8 Å². The van der Waals surface area contributed by atoms with Crippen LogP contribution in [0.4, 0.5) is 0 Å². The summed E-state index contributed by atoms with van der Waals surface area (Å²) in [4.78, 5) is 11.6. The molecule has 0 aromatic rings. The molecule has 1 amide bonds. The zero-order chi connectivity index (χ0) is 9.26. The molecular weight excluding hydrogens is 186 g/mol. The molecule has 2 rings (SSSR count). The highest BCUT2D eigenvalue weighted by Crippen LogP contribution is 2.28. The lowest BCUT2D eigenvalue weighted by Crippen LogP contribution is -2.28. The highest BCUT2D eigenvalue weighted by atomic mass is 32.2. The standard InChI is InChI=1S/C8H9N3OS/c9-2-1-3-11-8(12)6-4-13-5-7(6)10-11/h6H,1,3-5H2. The topological polar surface area (TPSA) is 56.5 Å².